The molecular formula is C17H22N4O3S. The molecule has 1 aromatic carbocycles. The molecule has 8 heteroatoms. The van der Waals surface area contributed by atoms with Crippen molar-refractivity contribution in [1.82, 2.24) is 19.8 Å². The highest BCUT2D eigenvalue weighted by atomic mass is 32.2. The fourth-order valence-electron chi connectivity index (χ4n) is 3.18. The summed E-state index contributed by atoms with van der Waals surface area (Å²) in [5.41, 5.74) is 2.03. The molecule has 1 aromatic heterocycles. The Balaban J connectivity index is 1.60. The molecular weight excluding hydrogens is 340 g/mol. The molecule has 0 aliphatic carbocycles. The molecule has 0 radical (unpaired) electrons. The van der Waals surface area contributed by atoms with Crippen LogP contribution in [0.5, 0.6) is 0 Å². The maximum Gasteiger partial charge on any atom is 0.244 e. The molecule has 2 heterocycles. The number of carbonyl (C=O) groups is 1. The molecule has 1 unspecified atom stereocenters. The van der Waals surface area contributed by atoms with Crippen LogP contribution in [0.15, 0.2) is 35.2 Å². The Kier molecular flexibility index (Phi) is 4.91. The first-order valence-corrected chi connectivity index (χ1v) is 9.68. The standard InChI is InChI=1S/C17H22N4O3S/c1-12-17(13(2)20-19-12)25(23,24)18-9-15-8-16(22)21(11-15)10-14-6-4-3-5-7-14/h3-7,15,18H,8-11H2,1-2H3,(H,19,20). The van der Waals surface area contributed by atoms with Crippen LogP contribution < -0.4 is 4.72 Å². The van der Waals surface area contributed by atoms with Gasteiger partial charge in [-0.05, 0) is 25.3 Å². The van der Waals surface area contributed by atoms with E-state index in [4.69, 9.17) is 0 Å². The Bertz CT molecular complexity index is 842. The molecule has 134 valence electrons. The number of nitrogens with zero attached hydrogens (tertiary/aromatic N) is 2. The van der Waals surface area contributed by atoms with Gasteiger partial charge in [-0.25, -0.2) is 13.1 Å². The summed E-state index contributed by atoms with van der Waals surface area (Å²) >= 11 is 0. The van der Waals surface area contributed by atoms with E-state index in [1.807, 2.05) is 30.3 Å². The van der Waals surface area contributed by atoms with Gasteiger partial charge in [0.1, 0.15) is 4.90 Å². The second-order valence-electron chi connectivity index (χ2n) is 6.45. The average molecular weight is 362 g/mol. The minimum absolute atomic E-state index is 0.0292. The van der Waals surface area contributed by atoms with Crippen LogP contribution in [0.2, 0.25) is 0 Å². The number of nitrogens with one attached hydrogen (secondary N) is 2. The van der Waals surface area contributed by atoms with E-state index in [0.717, 1.165) is 5.56 Å². The van der Waals surface area contributed by atoms with E-state index in [9.17, 15) is 13.2 Å². The van der Waals surface area contributed by atoms with Gasteiger partial charge in [-0.2, -0.15) is 5.10 Å². The van der Waals surface area contributed by atoms with Crippen molar-refractivity contribution in [1.29, 1.82) is 0 Å². The van der Waals surface area contributed by atoms with Crippen molar-refractivity contribution >= 4 is 15.9 Å². The predicted molar refractivity (Wildman–Crippen MR) is 93.2 cm³/mol. The quantitative estimate of drug-likeness (QED) is 0.811. The van der Waals surface area contributed by atoms with E-state index in [1.54, 1.807) is 18.7 Å². The number of hydrogen-bond acceptors (Lipinski definition) is 4. The monoisotopic (exact) mass is 362 g/mol. The Hall–Kier alpha value is -2.19. The van der Waals surface area contributed by atoms with Crippen LogP contribution in [-0.2, 0) is 21.4 Å². The largest absolute Gasteiger partial charge is 0.338 e. The lowest BCUT2D eigenvalue weighted by Gasteiger charge is -2.17. The maximum absolute atomic E-state index is 12.5. The van der Waals surface area contributed by atoms with Crippen molar-refractivity contribution in [3.05, 3.63) is 47.3 Å². The highest BCUT2D eigenvalue weighted by Crippen LogP contribution is 2.21. The highest BCUT2D eigenvalue weighted by molar-refractivity contribution is 7.89. The van der Waals surface area contributed by atoms with Crippen molar-refractivity contribution in [3.63, 3.8) is 0 Å². The van der Waals surface area contributed by atoms with E-state index in [2.05, 4.69) is 14.9 Å². The zero-order valence-electron chi connectivity index (χ0n) is 14.3. The first-order chi connectivity index (χ1) is 11.9. The van der Waals surface area contributed by atoms with Crippen LogP contribution in [0.3, 0.4) is 0 Å². The van der Waals surface area contributed by atoms with Crippen molar-refractivity contribution < 1.29 is 13.2 Å². The second kappa shape index (κ2) is 6.97. The second-order valence-corrected chi connectivity index (χ2v) is 8.15. The van der Waals surface area contributed by atoms with Gasteiger partial charge < -0.3 is 4.90 Å². The first-order valence-electron chi connectivity index (χ1n) is 8.20. The summed E-state index contributed by atoms with van der Waals surface area (Å²) in [5.74, 6) is 0.0298. The molecule has 3 rings (SSSR count). The number of rotatable bonds is 6. The molecule has 1 aliphatic heterocycles. The van der Waals surface area contributed by atoms with E-state index >= 15 is 0 Å². The molecule has 2 aromatic rings. The van der Waals surface area contributed by atoms with E-state index in [1.165, 1.54) is 0 Å². The normalized spacial score (nSPS) is 18.1. The summed E-state index contributed by atoms with van der Waals surface area (Å²) in [5, 5.41) is 6.61. The number of likely N-dealkylation sites (tertiary alicyclic amines) is 1. The predicted octanol–water partition coefficient (Wildman–Crippen LogP) is 1.35. The fraction of sp³-hybridized carbons (Fsp3) is 0.412. The molecule has 1 atom stereocenters. The lowest BCUT2D eigenvalue weighted by atomic mass is 10.1. The number of aromatic nitrogens is 2. The zero-order valence-corrected chi connectivity index (χ0v) is 15.1. The molecule has 0 spiro atoms. The van der Waals surface area contributed by atoms with Crippen LogP contribution in [0, 0.1) is 19.8 Å². The first kappa shape index (κ1) is 17.6. The van der Waals surface area contributed by atoms with Crippen LogP contribution >= 0.6 is 0 Å². The number of H-pyrrole nitrogens is 1. The maximum atomic E-state index is 12.5. The zero-order chi connectivity index (χ0) is 18.0. The van der Waals surface area contributed by atoms with Crippen LogP contribution in [-0.4, -0.2) is 42.5 Å². The van der Waals surface area contributed by atoms with Gasteiger partial charge in [0.25, 0.3) is 0 Å². The molecule has 1 aliphatic rings. The molecule has 7 nitrogen and oxygen atoms in total. The van der Waals surface area contributed by atoms with Crippen molar-refractivity contribution in [2.24, 2.45) is 5.92 Å². The number of benzene rings is 1. The van der Waals surface area contributed by atoms with Gasteiger partial charge >= 0.3 is 0 Å². The topological polar surface area (TPSA) is 95.2 Å². The van der Waals surface area contributed by atoms with Gasteiger partial charge in [-0.15, -0.1) is 0 Å². The van der Waals surface area contributed by atoms with Gasteiger partial charge in [-0.3, -0.25) is 9.89 Å². The number of carbonyl (C=O) groups excluding carboxylic acids is 1. The van der Waals surface area contributed by atoms with Gasteiger partial charge in [-0.1, -0.05) is 30.3 Å². The lowest BCUT2D eigenvalue weighted by molar-refractivity contribution is -0.128. The number of aryl methyl sites for hydroxylation is 2. The van der Waals surface area contributed by atoms with Gasteiger partial charge in [0.15, 0.2) is 0 Å². The fourth-order valence-corrected chi connectivity index (χ4v) is 4.67. The summed E-state index contributed by atoms with van der Waals surface area (Å²) in [4.78, 5) is 14.2. The van der Waals surface area contributed by atoms with Crippen molar-refractivity contribution in [2.45, 2.75) is 31.7 Å². The van der Waals surface area contributed by atoms with E-state index < -0.39 is 10.0 Å². The molecule has 1 amide bonds. The summed E-state index contributed by atoms with van der Waals surface area (Å²) in [7, 11) is -3.63. The van der Waals surface area contributed by atoms with E-state index in [0.29, 0.717) is 30.9 Å². The lowest BCUT2D eigenvalue weighted by Crippen LogP contribution is -2.31. The molecule has 2 N–H and O–H groups in total. The van der Waals surface area contributed by atoms with Crippen LogP contribution in [0.4, 0.5) is 0 Å². The number of aromatic amines is 1. The number of hydrogen-bond donors (Lipinski definition) is 2. The third-order valence-corrected chi connectivity index (χ3v) is 6.09. The molecule has 1 saturated heterocycles. The number of sulfonamides is 1. The highest BCUT2D eigenvalue weighted by Gasteiger charge is 2.31. The van der Waals surface area contributed by atoms with Gasteiger partial charge in [0.2, 0.25) is 15.9 Å². The van der Waals surface area contributed by atoms with E-state index in [-0.39, 0.29) is 23.3 Å². The van der Waals surface area contributed by atoms with Gasteiger partial charge in [0, 0.05) is 26.1 Å². The Morgan fingerprint density at radius 1 is 1.28 bits per heavy atom. The third-order valence-electron chi connectivity index (χ3n) is 4.40. The molecule has 0 saturated carbocycles. The van der Waals surface area contributed by atoms with Gasteiger partial charge in [0.05, 0.1) is 11.4 Å². The summed E-state index contributed by atoms with van der Waals surface area (Å²) in [6.45, 7) is 4.68. The third kappa shape index (κ3) is 3.91. The van der Waals surface area contributed by atoms with Crippen molar-refractivity contribution in [2.75, 3.05) is 13.1 Å². The Morgan fingerprint density at radius 3 is 2.64 bits per heavy atom. The van der Waals surface area contributed by atoms with Crippen LogP contribution in [0.25, 0.3) is 0 Å². The smallest absolute Gasteiger partial charge is 0.244 e. The Morgan fingerprint density at radius 2 is 2.00 bits per heavy atom. The number of amides is 1. The van der Waals surface area contributed by atoms with Crippen molar-refractivity contribution in [3.8, 4) is 0 Å². The summed E-state index contributed by atoms with van der Waals surface area (Å²) in [6.07, 6.45) is 0.360. The Labute approximate surface area is 147 Å². The molecule has 0 bridgehead atoms. The summed E-state index contributed by atoms with van der Waals surface area (Å²) < 4.78 is 27.6. The molecule has 1 fully saturated rings. The SMILES string of the molecule is Cc1n[nH]c(C)c1S(=O)(=O)NCC1CC(=O)N(Cc2ccccc2)C1. The van der Waals surface area contributed by atoms with Crippen LogP contribution in [0.1, 0.15) is 23.4 Å². The minimum atomic E-state index is -3.63. The average Bonchev–Trinajstić information content (AvgIpc) is 3.09. The molecule has 25 heavy (non-hydrogen) atoms. The minimum Gasteiger partial charge on any atom is -0.338 e. The summed E-state index contributed by atoms with van der Waals surface area (Å²) in [6, 6.07) is 9.78.